The molecular formula is C13H16N2O2. The Morgan fingerprint density at radius 3 is 2.65 bits per heavy atom. The van der Waals surface area contributed by atoms with Crippen molar-refractivity contribution in [3.8, 4) is 5.75 Å². The first-order valence-corrected chi connectivity index (χ1v) is 5.50. The molecule has 4 nitrogen and oxygen atoms in total. The van der Waals surface area contributed by atoms with Gasteiger partial charge in [0.2, 0.25) is 5.78 Å². The third-order valence-corrected chi connectivity index (χ3v) is 2.59. The smallest absolute Gasteiger partial charge is 0.203 e. The molecule has 0 amide bonds. The highest BCUT2D eigenvalue weighted by atomic mass is 16.5. The van der Waals surface area contributed by atoms with E-state index in [-0.39, 0.29) is 5.78 Å². The van der Waals surface area contributed by atoms with Crippen molar-refractivity contribution in [3.05, 3.63) is 24.0 Å². The second-order valence-electron chi connectivity index (χ2n) is 5.05. The van der Waals surface area contributed by atoms with Gasteiger partial charge in [0, 0.05) is 11.5 Å². The number of imidazole rings is 1. The molecule has 0 atom stereocenters. The van der Waals surface area contributed by atoms with Gasteiger partial charge in [0.25, 0.3) is 0 Å². The van der Waals surface area contributed by atoms with Crippen molar-refractivity contribution in [2.75, 3.05) is 7.11 Å². The fraction of sp³-hybridized carbons (Fsp3) is 0.385. The number of rotatable bonds is 2. The number of H-pyrrole nitrogens is 1. The van der Waals surface area contributed by atoms with Gasteiger partial charge in [0.1, 0.15) is 5.75 Å². The zero-order chi connectivity index (χ0) is 12.6. The van der Waals surface area contributed by atoms with Crippen LogP contribution in [0.2, 0.25) is 0 Å². The Labute approximate surface area is 100 Å². The number of methoxy groups -OCH3 is 1. The Morgan fingerprint density at radius 2 is 2.06 bits per heavy atom. The topological polar surface area (TPSA) is 55.0 Å². The number of aromatic nitrogens is 2. The van der Waals surface area contributed by atoms with E-state index in [0.29, 0.717) is 5.82 Å². The number of benzene rings is 1. The molecule has 0 radical (unpaired) electrons. The highest BCUT2D eigenvalue weighted by molar-refractivity contribution is 5.99. The van der Waals surface area contributed by atoms with Gasteiger partial charge in [0.15, 0.2) is 5.82 Å². The van der Waals surface area contributed by atoms with Crippen molar-refractivity contribution < 1.29 is 9.53 Å². The Bertz CT molecular complexity index is 564. The molecule has 2 rings (SSSR count). The minimum Gasteiger partial charge on any atom is -0.497 e. The first-order valence-electron chi connectivity index (χ1n) is 5.50. The number of carbonyl (C=O) groups is 1. The summed E-state index contributed by atoms with van der Waals surface area (Å²) in [6, 6.07) is 5.50. The quantitative estimate of drug-likeness (QED) is 0.810. The van der Waals surface area contributed by atoms with E-state index >= 15 is 0 Å². The minimum atomic E-state index is -0.433. The summed E-state index contributed by atoms with van der Waals surface area (Å²) in [5.41, 5.74) is 1.16. The Morgan fingerprint density at radius 1 is 1.35 bits per heavy atom. The molecule has 0 fully saturated rings. The van der Waals surface area contributed by atoms with Crippen LogP contribution >= 0.6 is 0 Å². The van der Waals surface area contributed by atoms with Crippen LogP contribution in [-0.4, -0.2) is 22.9 Å². The number of nitrogens with one attached hydrogen (secondary N) is 1. The van der Waals surface area contributed by atoms with Crippen molar-refractivity contribution >= 4 is 16.8 Å². The zero-order valence-electron chi connectivity index (χ0n) is 10.5. The summed E-state index contributed by atoms with van der Waals surface area (Å²) < 4.78 is 5.13. The lowest BCUT2D eigenvalue weighted by Gasteiger charge is -2.13. The first-order chi connectivity index (χ1) is 7.91. The van der Waals surface area contributed by atoms with Crippen LogP contribution in [0.15, 0.2) is 18.2 Å². The van der Waals surface area contributed by atoms with Crippen molar-refractivity contribution in [2.24, 2.45) is 5.41 Å². The maximum Gasteiger partial charge on any atom is 0.203 e. The van der Waals surface area contributed by atoms with E-state index in [0.717, 1.165) is 16.8 Å². The molecule has 0 unspecified atom stereocenters. The number of hydrogen-bond donors (Lipinski definition) is 1. The van der Waals surface area contributed by atoms with E-state index in [1.807, 2.05) is 39.0 Å². The summed E-state index contributed by atoms with van der Waals surface area (Å²) in [7, 11) is 1.61. The van der Waals surface area contributed by atoms with Crippen LogP contribution in [0, 0.1) is 5.41 Å². The molecule has 1 aromatic heterocycles. The lowest BCUT2D eigenvalue weighted by atomic mass is 9.90. The molecule has 17 heavy (non-hydrogen) atoms. The van der Waals surface area contributed by atoms with Crippen LogP contribution in [0.5, 0.6) is 5.75 Å². The molecule has 0 aliphatic heterocycles. The predicted molar refractivity (Wildman–Crippen MR) is 66.4 cm³/mol. The summed E-state index contributed by atoms with van der Waals surface area (Å²) in [5.74, 6) is 1.16. The molecule has 0 saturated heterocycles. The minimum absolute atomic E-state index is 0.00710. The molecule has 1 heterocycles. The number of Topliss-reactive ketones (excluding diaryl/α,β-unsaturated/α-hetero) is 1. The number of fused-ring (bicyclic) bond motifs is 1. The first kappa shape index (κ1) is 11.6. The van der Waals surface area contributed by atoms with Gasteiger partial charge in [-0.05, 0) is 12.1 Å². The Hall–Kier alpha value is -1.84. The van der Waals surface area contributed by atoms with Gasteiger partial charge in [-0.3, -0.25) is 4.79 Å². The highest BCUT2D eigenvalue weighted by Crippen LogP contribution is 2.23. The molecule has 90 valence electrons. The summed E-state index contributed by atoms with van der Waals surface area (Å²) in [6.45, 7) is 5.63. The second-order valence-corrected chi connectivity index (χ2v) is 5.05. The van der Waals surface area contributed by atoms with Gasteiger partial charge < -0.3 is 9.72 Å². The van der Waals surface area contributed by atoms with Crippen molar-refractivity contribution in [2.45, 2.75) is 20.8 Å². The van der Waals surface area contributed by atoms with Crippen LogP contribution < -0.4 is 4.74 Å². The van der Waals surface area contributed by atoms with E-state index in [1.54, 1.807) is 7.11 Å². The average Bonchev–Trinajstić information content (AvgIpc) is 2.68. The Kier molecular flexibility index (Phi) is 2.65. The van der Waals surface area contributed by atoms with E-state index in [1.165, 1.54) is 0 Å². The predicted octanol–water partition coefficient (Wildman–Crippen LogP) is 2.80. The standard InChI is InChI=1S/C13H16N2O2/c1-13(2,3)11(16)12-14-9-6-5-8(17-4)7-10(9)15-12/h5-7H,1-4H3,(H,14,15). The fourth-order valence-corrected chi connectivity index (χ4v) is 1.58. The van der Waals surface area contributed by atoms with Gasteiger partial charge in [-0.25, -0.2) is 4.98 Å². The van der Waals surface area contributed by atoms with Crippen molar-refractivity contribution in [1.82, 2.24) is 9.97 Å². The summed E-state index contributed by atoms with van der Waals surface area (Å²) in [6.07, 6.45) is 0. The number of hydrogen-bond acceptors (Lipinski definition) is 3. The van der Waals surface area contributed by atoms with Gasteiger partial charge in [0.05, 0.1) is 18.1 Å². The molecule has 0 aliphatic rings. The largest absolute Gasteiger partial charge is 0.497 e. The van der Waals surface area contributed by atoms with Crippen LogP contribution in [0.25, 0.3) is 11.0 Å². The number of aromatic amines is 1. The molecule has 4 heteroatoms. The molecule has 0 spiro atoms. The lowest BCUT2D eigenvalue weighted by Crippen LogP contribution is -2.21. The van der Waals surface area contributed by atoms with E-state index in [9.17, 15) is 4.79 Å². The molecule has 0 saturated carbocycles. The lowest BCUT2D eigenvalue weighted by molar-refractivity contribution is 0.0848. The van der Waals surface area contributed by atoms with E-state index in [4.69, 9.17) is 4.74 Å². The third kappa shape index (κ3) is 2.16. The second kappa shape index (κ2) is 3.87. The van der Waals surface area contributed by atoms with Crippen LogP contribution in [0.3, 0.4) is 0 Å². The van der Waals surface area contributed by atoms with E-state index in [2.05, 4.69) is 9.97 Å². The number of carbonyl (C=O) groups excluding carboxylic acids is 1. The fourth-order valence-electron chi connectivity index (χ4n) is 1.58. The maximum absolute atomic E-state index is 12.1. The van der Waals surface area contributed by atoms with Crippen molar-refractivity contribution in [3.63, 3.8) is 0 Å². The normalized spacial score (nSPS) is 11.8. The van der Waals surface area contributed by atoms with E-state index < -0.39 is 5.41 Å². The van der Waals surface area contributed by atoms with Gasteiger partial charge in [-0.15, -0.1) is 0 Å². The van der Waals surface area contributed by atoms with Gasteiger partial charge in [-0.2, -0.15) is 0 Å². The van der Waals surface area contributed by atoms with Crippen LogP contribution in [-0.2, 0) is 0 Å². The highest BCUT2D eigenvalue weighted by Gasteiger charge is 2.25. The van der Waals surface area contributed by atoms with Crippen LogP contribution in [0.1, 0.15) is 31.4 Å². The number of ketones is 1. The molecular weight excluding hydrogens is 216 g/mol. The summed E-state index contributed by atoms with van der Waals surface area (Å²) in [4.78, 5) is 19.4. The molecule has 2 aromatic rings. The Balaban J connectivity index is 2.48. The summed E-state index contributed by atoms with van der Waals surface area (Å²) >= 11 is 0. The third-order valence-electron chi connectivity index (χ3n) is 2.59. The average molecular weight is 232 g/mol. The molecule has 1 N–H and O–H groups in total. The van der Waals surface area contributed by atoms with Gasteiger partial charge >= 0.3 is 0 Å². The number of nitrogens with zero attached hydrogens (tertiary/aromatic N) is 1. The zero-order valence-corrected chi connectivity index (χ0v) is 10.5. The SMILES string of the molecule is COc1ccc2nc(C(=O)C(C)(C)C)[nH]c2c1. The molecule has 0 bridgehead atoms. The summed E-state index contributed by atoms with van der Waals surface area (Å²) in [5, 5.41) is 0. The molecule has 0 aliphatic carbocycles. The van der Waals surface area contributed by atoms with Gasteiger partial charge in [-0.1, -0.05) is 20.8 Å². The number of ether oxygens (including phenoxy) is 1. The molecule has 1 aromatic carbocycles. The maximum atomic E-state index is 12.1. The monoisotopic (exact) mass is 232 g/mol. The van der Waals surface area contributed by atoms with Crippen LogP contribution in [0.4, 0.5) is 0 Å². The van der Waals surface area contributed by atoms with Crippen molar-refractivity contribution in [1.29, 1.82) is 0 Å².